The van der Waals surface area contributed by atoms with Gasteiger partial charge in [-0.3, -0.25) is 9.69 Å². The molecule has 0 aliphatic carbocycles. The third-order valence-corrected chi connectivity index (χ3v) is 4.22. The monoisotopic (exact) mass is 331 g/mol. The number of halogens is 2. The Hall–Kier alpha value is -0.970. The lowest BCUT2D eigenvalue weighted by atomic mass is 9.99. The summed E-state index contributed by atoms with van der Waals surface area (Å²) in [5.74, 6) is -0.138. The number of piperidine rings is 1. The van der Waals surface area contributed by atoms with Crippen LogP contribution in [0.2, 0.25) is 10.0 Å². The number of hydrogen-bond donors (Lipinski definition) is 1. The first kappa shape index (κ1) is 16.4. The lowest BCUT2D eigenvalue weighted by molar-refractivity contribution is -0.138. The average Bonchev–Trinajstić information content (AvgIpc) is 2.42. The molecule has 1 N–H and O–H groups in total. The van der Waals surface area contributed by atoms with E-state index < -0.39 is 5.97 Å². The van der Waals surface area contributed by atoms with Gasteiger partial charge in [0.15, 0.2) is 0 Å². The van der Waals surface area contributed by atoms with Gasteiger partial charge in [0, 0.05) is 17.6 Å². The largest absolute Gasteiger partial charge is 0.491 e. The summed E-state index contributed by atoms with van der Waals surface area (Å²) in [5, 5.41) is 10.0. The number of aliphatic carboxylic acids is 1. The maximum Gasteiger partial charge on any atom is 0.304 e. The van der Waals surface area contributed by atoms with Gasteiger partial charge in [-0.25, -0.2) is 0 Å². The number of carboxylic acids is 1. The van der Waals surface area contributed by atoms with Crippen LogP contribution in [0.25, 0.3) is 0 Å². The molecule has 1 aliphatic rings. The molecular formula is C15H19Cl2NO3. The number of carbonyl (C=O) groups is 1. The van der Waals surface area contributed by atoms with Crippen LogP contribution in [-0.4, -0.2) is 41.7 Å². The summed E-state index contributed by atoms with van der Waals surface area (Å²) < 4.78 is 5.67. The average molecular weight is 332 g/mol. The molecule has 6 heteroatoms. The van der Waals surface area contributed by atoms with Gasteiger partial charge >= 0.3 is 5.97 Å². The molecule has 0 radical (unpaired) electrons. The van der Waals surface area contributed by atoms with E-state index in [1.165, 1.54) is 0 Å². The Morgan fingerprint density at radius 2 is 2.19 bits per heavy atom. The van der Waals surface area contributed by atoms with Crippen molar-refractivity contribution in [3.63, 3.8) is 0 Å². The van der Waals surface area contributed by atoms with Crippen LogP contribution in [0.5, 0.6) is 5.75 Å². The minimum Gasteiger partial charge on any atom is -0.491 e. The van der Waals surface area contributed by atoms with Crippen LogP contribution < -0.4 is 4.74 Å². The second-order valence-corrected chi connectivity index (χ2v) is 6.05. The summed E-state index contributed by atoms with van der Waals surface area (Å²) in [6.45, 7) is 2.12. The molecule has 4 nitrogen and oxygen atoms in total. The molecule has 1 aromatic carbocycles. The molecule has 0 saturated carbocycles. The van der Waals surface area contributed by atoms with E-state index in [1.54, 1.807) is 18.2 Å². The van der Waals surface area contributed by atoms with Gasteiger partial charge in [-0.05, 0) is 37.6 Å². The van der Waals surface area contributed by atoms with Gasteiger partial charge in [-0.2, -0.15) is 0 Å². The molecule has 1 saturated heterocycles. The van der Waals surface area contributed by atoms with Crippen molar-refractivity contribution in [2.75, 3.05) is 19.7 Å². The van der Waals surface area contributed by atoms with Crippen molar-refractivity contribution in [3.05, 3.63) is 28.2 Å². The minimum atomic E-state index is -0.742. The number of benzene rings is 1. The molecule has 116 valence electrons. The first-order valence-electron chi connectivity index (χ1n) is 7.10. The molecule has 0 aromatic heterocycles. The highest BCUT2D eigenvalue weighted by atomic mass is 35.5. The number of carboxylic acid groups (broad SMARTS) is 1. The summed E-state index contributed by atoms with van der Waals surface area (Å²) in [6, 6.07) is 5.24. The smallest absolute Gasteiger partial charge is 0.304 e. The van der Waals surface area contributed by atoms with Crippen LogP contribution in [0.15, 0.2) is 18.2 Å². The number of rotatable bonds is 6. The van der Waals surface area contributed by atoms with Crippen LogP contribution in [0.4, 0.5) is 0 Å². The molecule has 1 aromatic rings. The van der Waals surface area contributed by atoms with E-state index >= 15 is 0 Å². The van der Waals surface area contributed by atoms with E-state index in [2.05, 4.69) is 4.90 Å². The highest BCUT2D eigenvalue weighted by molar-refractivity contribution is 6.35. The van der Waals surface area contributed by atoms with Gasteiger partial charge in [0.2, 0.25) is 0 Å². The van der Waals surface area contributed by atoms with Crippen molar-refractivity contribution in [3.8, 4) is 5.75 Å². The zero-order valence-corrected chi connectivity index (χ0v) is 13.2. The molecule has 1 atom stereocenters. The summed E-state index contributed by atoms with van der Waals surface area (Å²) in [4.78, 5) is 13.1. The van der Waals surface area contributed by atoms with Crippen molar-refractivity contribution in [2.24, 2.45) is 0 Å². The second kappa shape index (κ2) is 7.87. The predicted molar refractivity (Wildman–Crippen MR) is 83.4 cm³/mol. The third kappa shape index (κ3) is 5.06. The zero-order valence-electron chi connectivity index (χ0n) is 11.7. The lowest BCUT2D eigenvalue weighted by Crippen LogP contribution is -2.42. The van der Waals surface area contributed by atoms with Gasteiger partial charge in [0.25, 0.3) is 0 Å². The molecule has 0 spiro atoms. The number of likely N-dealkylation sites (tertiary alicyclic amines) is 1. The van der Waals surface area contributed by atoms with Gasteiger partial charge in [-0.15, -0.1) is 0 Å². The molecular weight excluding hydrogens is 313 g/mol. The van der Waals surface area contributed by atoms with Crippen LogP contribution in [0, 0.1) is 0 Å². The van der Waals surface area contributed by atoms with Crippen LogP contribution in [0.1, 0.15) is 25.7 Å². The van der Waals surface area contributed by atoms with Crippen LogP contribution in [0.3, 0.4) is 0 Å². The Morgan fingerprint density at radius 1 is 1.38 bits per heavy atom. The van der Waals surface area contributed by atoms with E-state index in [4.69, 9.17) is 33.0 Å². The minimum absolute atomic E-state index is 0.112. The Morgan fingerprint density at radius 3 is 2.90 bits per heavy atom. The summed E-state index contributed by atoms with van der Waals surface area (Å²) in [6.07, 6.45) is 3.34. The lowest BCUT2D eigenvalue weighted by Gasteiger charge is -2.34. The van der Waals surface area contributed by atoms with E-state index in [-0.39, 0.29) is 12.5 Å². The Labute approximate surface area is 134 Å². The summed E-state index contributed by atoms with van der Waals surface area (Å²) >= 11 is 11.9. The standard InChI is InChI=1S/C15H19Cl2NO3/c16-11-4-5-14(13(17)9-11)21-8-7-18-6-2-1-3-12(18)10-15(19)20/h4-5,9,12H,1-3,6-8,10H2,(H,19,20). The first-order chi connectivity index (χ1) is 10.1. The van der Waals surface area contributed by atoms with Crippen LogP contribution in [-0.2, 0) is 4.79 Å². The molecule has 21 heavy (non-hydrogen) atoms. The maximum atomic E-state index is 10.9. The van der Waals surface area contributed by atoms with E-state index in [9.17, 15) is 4.79 Å². The van der Waals surface area contributed by atoms with Gasteiger partial charge in [0.05, 0.1) is 11.4 Å². The molecule has 1 heterocycles. The topological polar surface area (TPSA) is 49.8 Å². The van der Waals surface area contributed by atoms with Crippen molar-refractivity contribution in [1.82, 2.24) is 4.90 Å². The first-order valence-corrected chi connectivity index (χ1v) is 7.85. The molecule has 1 aliphatic heterocycles. The summed E-state index contributed by atoms with van der Waals surface area (Å²) in [7, 11) is 0. The van der Waals surface area contributed by atoms with Crippen LogP contribution >= 0.6 is 23.2 Å². The number of nitrogens with zero attached hydrogens (tertiary/aromatic N) is 1. The van der Waals surface area contributed by atoms with Gasteiger partial charge in [-0.1, -0.05) is 29.6 Å². The second-order valence-electron chi connectivity index (χ2n) is 5.21. The number of ether oxygens (including phenoxy) is 1. The van der Waals surface area contributed by atoms with E-state index in [1.807, 2.05) is 0 Å². The fourth-order valence-corrected chi connectivity index (χ4v) is 3.12. The van der Waals surface area contributed by atoms with E-state index in [0.29, 0.717) is 28.9 Å². The highest BCUT2D eigenvalue weighted by Crippen LogP contribution is 2.27. The highest BCUT2D eigenvalue weighted by Gasteiger charge is 2.24. The van der Waals surface area contributed by atoms with Gasteiger partial charge < -0.3 is 9.84 Å². The van der Waals surface area contributed by atoms with Crippen molar-refractivity contribution in [2.45, 2.75) is 31.7 Å². The van der Waals surface area contributed by atoms with E-state index in [0.717, 1.165) is 25.8 Å². The Balaban J connectivity index is 1.84. The third-order valence-electron chi connectivity index (χ3n) is 3.69. The van der Waals surface area contributed by atoms with Crippen molar-refractivity contribution >= 4 is 29.2 Å². The Bertz CT molecular complexity index is 496. The summed E-state index contributed by atoms with van der Waals surface area (Å²) in [5.41, 5.74) is 0. The molecule has 0 bridgehead atoms. The maximum absolute atomic E-state index is 10.9. The quantitative estimate of drug-likeness (QED) is 0.863. The van der Waals surface area contributed by atoms with Crippen molar-refractivity contribution < 1.29 is 14.6 Å². The zero-order chi connectivity index (χ0) is 15.2. The fourth-order valence-electron chi connectivity index (χ4n) is 2.65. The van der Waals surface area contributed by atoms with Crippen molar-refractivity contribution in [1.29, 1.82) is 0 Å². The predicted octanol–water partition coefficient (Wildman–Crippen LogP) is 3.70. The Kier molecular flexibility index (Phi) is 6.15. The fraction of sp³-hybridized carbons (Fsp3) is 0.533. The number of hydrogen-bond acceptors (Lipinski definition) is 3. The normalized spacial score (nSPS) is 19.4. The molecule has 1 fully saturated rings. The molecule has 1 unspecified atom stereocenters. The van der Waals surface area contributed by atoms with Gasteiger partial charge in [0.1, 0.15) is 12.4 Å². The molecule has 0 amide bonds. The SMILES string of the molecule is O=C(O)CC1CCCCN1CCOc1ccc(Cl)cc1Cl. The molecule has 2 rings (SSSR count).